The number of pyridine rings is 1. The lowest BCUT2D eigenvalue weighted by Crippen LogP contribution is -1.99. The van der Waals surface area contributed by atoms with Crippen LogP contribution < -0.4 is 10.5 Å². The molecular formula is C17H15ClN2O. The lowest BCUT2D eigenvalue weighted by Gasteiger charge is -2.11. The van der Waals surface area contributed by atoms with Gasteiger partial charge in [-0.25, -0.2) is 0 Å². The predicted octanol–water partition coefficient (Wildman–Crippen LogP) is 4.36. The van der Waals surface area contributed by atoms with E-state index in [4.69, 9.17) is 22.1 Å². The van der Waals surface area contributed by atoms with Gasteiger partial charge in [0, 0.05) is 22.3 Å². The molecule has 0 amide bonds. The molecule has 21 heavy (non-hydrogen) atoms. The smallest absolute Gasteiger partial charge is 0.138 e. The van der Waals surface area contributed by atoms with Gasteiger partial charge in [-0.1, -0.05) is 29.8 Å². The molecule has 2 aromatic carbocycles. The fraction of sp³-hybridized carbons (Fsp3) is 0.118. The van der Waals surface area contributed by atoms with E-state index in [2.05, 4.69) is 4.98 Å². The molecule has 106 valence electrons. The number of benzene rings is 2. The van der Waals surface area contributed by atoms with Gasteiger partial charge < -0.3 is 10.5 Å². The number of nitrogens with two attached hydrogens (primary N) is 1. The SMILES string of the molecule is Cc1cc(COc2ccc(N)cc2Cl)c2ccccc2n1. The summed E-state index contributed by atoms with van der Waals surface area (Å²) in [6.45, 7) is 2.42. The Balaban J connectivity index is 1.91. The largest absolute Gasteiger partial charge is 0.487 e. The van der Waals surface area contributed by atoms with Crippen LogP contribution in [0, 0.1) is 6.92 Å². The number of para-hydroxylation sites is 1. The first-order valence-corrected chi connectivity index (χ1v) is 7.04. The van der Waals surface area contributed by atoms with Gasteiger partial charge in [-0.05, 0) is 37.3 Å². The number of nitrogens with zero attached hydrogens (tertiary/aromatic N) is 1. The summed E-state index contributed by atoms with van der Waals surface area (Å²) in [4.78, 5) is 4.52. The normalized spacial score (nSPS) is 10.8. The van der Waals surface area contributed by atoms with Crippen molar-refractivity contribution >= 4 is 28.2 Å². The highest BCUT2D eigenvalue weighted by Gasteiger charge is 2.06. The quantitative estimate of drug-likeness (QED) is 0.731. The molecule has 0 saturated carbocycles. The molecular weight excluding hydrogens is 284 g/mol. The van der Waals surface area contributed by atoms with Gasteiger partial charge in [0.2, 0.25) is 0 Å². The van der Waals surface area contributed by atoms with Crippen LogP contribution in [0.5, 0.6) is 5.75 Å². The third-order valence-corrected chi connectivity index (χ3v) is 3.56. The Hall–Kier alpha value is -2.26. The number of hydrogen-bond donors (Lipinski definition) is 1. The molecule has 0 fully saturated rings. The van der Waals surface area contributed by atoms with E-state index in [0.29, 0.717) is 23.1 Å². The summed E-state index contributed by atoms with van der Waals surface area (Å²) in [7, 11) is 0. The zero-order valence-electron chi connectivity index (χ0n) is 11.6. The number of nitrogen functional groups attached to an aromatic ring is 1. The summed E-state index contributed by atoms with van der Waals surface area (Å²) < 4.78 is 5.83. The molecule has 1 aromatic heterocycles. The molecule has 2 N–H and O–H groups in total. The zero-order valence-corrected chi connectivity index (χ0v) is 12.4. The molecule has 1 heterocycles. The molecule has 0 aliphatic rings. The monoisotopic (exact) mass is 298 g/mol. The van der Waals surface area contributed by atoms with Gasteiger partial charge in [0.1, 0.15) is 12.4 Å². The average molecular weight is 299 g/mol. The van der Waals surface area contributed by atoms with Crippen LogP contribution in [-0.4, -0.2) is 4.98 Å². The molecule has 0 radical (unpaired) electrons. The van der Waals surface area contributed by atoms with Gasteiger partial charge in [-0.15, -0.1) is 0 Å². The number of hydrogen-bond acceptors (Lipinski definition) is 3. The van der Waals surface area contributed by atoms with Crippen molar-refractivity contribution in [1.82, 2.24) is 4.98 Å². The van der Waals surface area contributed by atoms with Gasteiger partial charge in [0.05, 0.1) is 10.5 Å². The maximum atomic E-state index is 6.13. The van der Waals surface area contributed by atoms with Crippen molar-refractivity contribution in [1.29, 1.82) is 0 Å². The first-order chi connectivity index (χ1) is 10.1. The van der Waals surface area contributed by atoms with E-state index in [1.54, 1.807) is 18.2 Å². The molecule has 0 saturated heterocycles. The van der Waals surface area contributed by atoms with E-state index in [1.165, 1.54) is 0 Å². The topological polar surface area (TPSA) is 48.1 Å². The van der Waals surface area contributed by atoms with Crippen LogP contribution >= 0.6 is 11.6 Å². The number of aromatic nitrogens is 1. The third-order valence-electron chi connectivity index (χ3n) is 3.27. The molecule has 0 bridgehead atoms. The maximum absolute atomic E-state index is 6.13. The number of ether oxygens (including phenoxy) is 1. The average Bonchev–Trinajstić information content (AvgIpc) is 2.46. The molecule has 0 aliphatic heterocycles. The van der Waals surface area contributed by atoms with Crippen LogP contribution in [0.15, 0.2) is 48.5 Å². The number of fused-ring (bicyclic) bond motifs is 1. The van der Waals surface area contributed by atoms with Crippen molar-refractivity contribution in [3.63, 3.8) is 0 Å². The first-order valence-electron chi connectivity index (χ1n) is 6.66. The molecule has 0 atom stereocenters. The van der Waals surface area contributed by atoms with Gasteiger partial charge in [-0.3, -0.25) is 4.98 Å². The van der Waals surface area contributed by atoms with Gasteiger partial charge in [0.15, 0.2) is 0 Å². The second-order valence-corrected chi connectivity index (χ2v) is 5.33. The molecule has 3 nitrogen and oxygen atoms in total. The van der Waals surface area contributed by atoms with Crippen LogP contribution in [0.3, 0.4) is 0 Å². The Labute approximate surface area is 128 Å². The Bertz CT molecular complexity index is 802. The minimum Gasteiger partial charge on any atom is -0.487 e. The van der Waals surface area contributed by atoms with Gasteiger partial charge in [0.25, 0.3) is 0 Å². The fourth-order valence-corrected chi connectivity index (χ4v) is 2.55. The lowest BCUT2D eigenvalue weighted by atomic mass is 10.1. The van der Waals surface area contributed by atoms with Crippen LogP contribution in [0.4, 0.5) is 5.69 Å². The van der Waals surface area contributed by atoms with Gasteiger partial charge >= 0.3 is 0 Å². The van der Waals surface area contributed by atoms with Crippen molar-refractivity contribution in [2.45, 2.75) is 13.5 Å². The van der Waals surface area contributed by atoms with E-state index in [-0.39, 0.29) is 0 Å². The van der Waals surface area contributed by atoms with E-state index in [0.717, 1.165) is 22.2 Å². The summed E-state index contributed by atoms with van der Waals surface area (Å²) >= 11 is 6.13. The van der Waals surface area contributed by atoms with Crippen molar-refractivity contribution in [2.75, 3.05) is 5.73 Å². The molecule has 0 aliphatic carbocycles. The van der Waals surface area contributed by atoms with Crippen molar-refractivity contribution in [2.24, 2.45) is 0 Å². The first kappa shape index (κ1) is 13.7. The highest BCUT2D eigenvalue weighted by Crippen LogP contribution is 2.28. The molecule has 3 rings (SSSR count). The summed E-state index contributed by atoms with van der Waals surface area (Å²) in [6, 6.07) is 15.3. The Morgan fingerprint density at radius 3 is 2.76 bits per heavy atom. The minimum absolute atomic E-state index is 0.438. The fourth-order valence-electron chi connectivity index (χ4n) is 2.30. The summed E-state index contributed by atoms with van der Waals surface area (Å²) in [6.07, 6.45) is 0. The van der Waals surface area contributed by atoms with E-state index < -0.39 is 0 Å². The summed E-state index contributed by atoms with van der Waals surface area (Å²) in [5.41, 5.74) is 9.33. The van der Waals surface area contributed by atoms with E-state index in [9.17, 15) is 0 Å². The number of rotatable bonds is 3. The van der Waals surface area contributed by atoms with Gasteiger partial charge in [-0.2, -0.15) is 0 Å². The Morgan fingerprint density at radius 1 is 1.14 bits per heavy atom. The Morgan fingerprint density at radius 2 is 1.95 bits per heavy atom. The van der Waals surface area contributed by atoms with Crippen molar-refractivity contribution < 1.29 is 4.74 Å². The number of halogens is 1. The van der Waals surface area contributed by atoms with Crippen molar-refractivity contribution in [3.8, 4) is 5.75 Å². The highest BCUT2D eigenvalue weighted by molar-refractivity contribution is 6.32. The Kier molecular flexibility index (Phi) is 3.67. The van der Waals surface area contributed by atoms with Crippen LogP contribution in [-0.2, 0) is 6.61 Å². The zero-order chi connectivity index (χ0) is 14.8. The molecule has 0 spiro atoms. The van der Waals surface area contributed by atoms with Crippen LogP contribution in [0.1, 0.15) is 11.3 Å². The van der Waals surface area contributed by atoms with E-state index >= 15 is 0 Å². The van der Waals surface area contributed by atoms with E-state index in [1.807, 2.05) is 37.3 Å². The van der Waals surface area contributed by atoms with Crippen LogP contribution in [0.25, 0.3) is 10.9 Å². The number of anilines is 1. The molecule has 4 heteroatoms. The van der Waals surface area contributed by atoms with Crippen molar-refractivity contribution in [3.05, 3.63) is 64.8 Å². The summed E-state index contributed by atoms with van der Waals surface area (Å²) in [5.74, 6) is 0.629. The second-order valence-electron chi connectivity index (χ2n) is 4.92. The molecule has 3 aromatic rings. The lowest BCUT2D eigenvalue weighted by molar-refractivity contribution is 0.308. The van der Waals surface area contributed by atoms with Crippen LogP contribution in [0.2, 0.25) is 5.02 Å². The highest BCUT2D eigenvalue weighted by atomic mass is 35.5. The standard InChI is InChI=1S/C17H15ClN2O/c1-11-8-12(14-4-2-3-5-16(14)20-11)10-21-17-7-6-13(19)9-15(17)18/h2-9H,10,19H2,1H3. The minimum atomic E-state index is 0.438. The number of aryl methyl sites for hydroxylation is 1. The third kappa shape index (κ3) is 2.93. The second kappa shape index (κ2) is 5.62. The maximum Gasteiger partial charge on any atom is 0.138 e. The molecule has 0 unspecified atom stereocenters. The summed E-state index contributed by atoms with van der Waals surface area (Å²) in [5, 5.41) is 1.61. The predicted molar refractivity (Wildman–Crippen MR) is 86.7 cm³/mol.